The SMILES string of the molecule is C=CCN(C)C(=O)c1c(I)c(N=C=C=O)c(I)c(C(=O)N(C)CC=C)c1I. The summed E-state index contributed by atoms with van der Waals surface area (Å²) in [6.07, 6.45) is 3.23. The lowest BCUT2D eigenvalue weighted by Crippen LogP contribution is -2.32. The highest BCUT2D eigenvalue weighted by Crippen LogP contribution is 2.38. The number of benzene rings is 1. The molecule has 27 heavy (non-hydrogen) atoms. The van der Waals surface area contributed by atoms with Crippen LogP contribution in [0.3, 0.4) is 0 Å². The van der Waals surface area contributed by atoms with Gasteiger partial charge in [0.1, 0.15) is 5.69 Å². The van der Waals surface area contributed by atoms with Crippen LogP contribution in [0.5, 0.6) is 0 Å². The van der Waals surface area contributed by atoms with Crippen LogP contribution in [0.4, 0.5) is 5.69 Å². The van der Waals surface area contributed by atoms with E-state index in [-0.39, 0.29) is 11.8 Å². The minimum Gasteiger partial charge on any atom is -0.338 e. The van der Waals surface area contributed by atoms with E-state index in [0.717, 1.165) is 0 Å². The van der Waals surface area contributed by atoms with Crippen molar-refractivity contribution >= 4 is 97.1 Å². The van der Waals surface area contributed by atoms with Crippen molar-refractivity contribution in [2.75, 3.05) is 27.2 Å². The number of amides is 2. The number of carbonyl (C=O) groups excluding carboxylic acids is 3. The lowest BCUT2D eigenvalue weighted by molar-refractivity contribution is 0.0805. The van der Waals surface area contributed by atoms with Gasteiger partial charge in [0.05, 0.1) is 24.1 Å². The maximum absolute atomic E-state index is 13.0. The number of aliphatic imine (C=N–C) groups is 1. The van der Waals surface area contributed by atoms with Gasteiger partial charge in [0.2, 0.25) is 0 Å². The standard InChI is InChI=1S/C18H16I3N3O3/c1-5-8-23(3)17(26)11-13(19)12(18(27)24(4)9-6-2)15(21)16(14(11)20)22-7-10-25/h5-6H,1-2,8-9H2,3-4H3. The zero-order valence-corrected chi connectivity index (χ0v) is 21.2. The summed E-state index contributed by atoms with van der Waals surface area (Å²) in [5.41, 5.74) is 1.04. The number of carbonyl (C=O) groups is 2. The van der Waals surface area contributed by atoms with Crippen LogP contribution in [-0.4, -0.2) is 60.6 Å². The molecular formula is C18H16I3N3O3. The highest BCUT2D eigenvalue weighted by Gasteiger charge is 2.30. The molecule has 0 bridgehead atoms. The second kappa shape index (κ2) is 11.1. The van der Waals surface area contributed by atoms with Crippen LogP contribution < -0.4 is 0 Å². The molecule has 1 aromatic carbocycles. The van der Waals surface area contributed by atoms with Gasteiger partial charge in [-0.3, -0.25) is 9.59 Å². The van der Waals surface area contributed by atoms with Gasteiger partial charge in [-0.1, -0.05) is 12.2 Å². The Balaban J connectivity index is 3.85. The number of halogens is 3. The van der Waals surface area contributed by atoms with Gasteiger partial charge in [0.15, 0.2) is 5.94 Å². The molecule has 0 aliphatic carbocycles. The van der Waals surface area contributed by atoms with Crippen LogP contribution >= 0.6 is 67.8 Å². The van der Waals surface area contributed by atoms with E-state index in [1.807, 2.05) is 67.8 Å². The molecule has 0 aliphatic rings. The van der Waals surface area contributed by atoms with Crippen LogP contribution in [-0.2, 0) is 4.79 Å². The summed E-state index contributed by atoms with van der Waals surface area (Å²) < 4.78 is 1.60. The summed E-state index contributed by atoms with van der Waals surface area (Å²) >= 11 is 6.00. The predicted octanol–water partition coefficient (Wildman–Crippen LogP) is 3.71. The quantitative estimate of drug-likeness (QED) is 0.189. The van der Waals surface area contributed by atoms with E-state index < -0.39 is 0 Å². The molecule has 6 nitrogen and oxygen atoms in total. The first-order valence-corrected chi connectivity index (χ1v) is 10.7. The number of likely N-dealkylation sites (N-methyl/N-ethyl adjacent to an activating group) is 2. The third-order valence-electron chi connectivity index (χ3n) is 3.43. The largest absolute Gasteiger partial charge is 0.338 e. The van der Waals surface area contributed by atoms with Crippen LogP contribution in [0, 0.1) is 10.7 Å². The first-order chi connectivity index (χ1) is 12.7. The van der Waals surface area contributed by atoms with Crippen LogP contribution in [0.1, 0.15) is 20.7 Å². The topological polar surface area (TPSA) is 70.0 Å². The Kier molecular flexibility index (Phi) is 9.88. The molecule has 0 spiro atoms. The molecule has 142 valence electrons. The molecule has 1 rings (SSSR count). The van der Waals surface area contributed by atoms with E-state index in [1.165, 1.54) is 15.7 Å². The van der Waals surface area contributed by atoms with Crippen molar-refractivity contribution in [2.45, 2.75) is 0 Å². The second-order valence-electron chi connectivity index (χ2n) is 5.31. The van der Waals surface area contributed by atoms with Crippen molar-refractivity contribution in [1.82, 2.24) is 9.80 Å². The first-order valence-electron chi connectivity index (χ1n) is 7.48. The van der Waals surface area contributed by atoms with Crippen molar-refractivity contribution in [2.24, 2.45) is 4.99 Å². The Morgan fingerprint density at radius 1 is 0.963 bits per heavy atom. The van der Waals surface area contributed by atoms with Gasteiger partial charge < -0.3 is 9.80 Å². The van der Waals surface area contributed by atoms with Crippen LogP contribution in [0.2, 0.25) is 0 Å². The van der Waals surface area contributed by atoms with Crippen LogP contribution in [0.25, 0.3) is 0 Å². The molecule has 0 heterocycles. The highest BCUT2D eigenvalue weighted by molar-refractivity contribution is 14.1. The smallest absolute Gasteiger partial charge is 0.256 e. The number of rotatable bonds is 7. The monoisotopic (exact) mass is 703 g/mol. The zero-order chi connectivity index (χ0) is 20.7. The van der Waals surface area contributed by atoms with E-state index in [4.69, 9.17) is 0 Å². The Morgan fingerprint density at radius 2 is 1.37 bits per heavy atom. The fourth-order valence-corrected chi connectivity index (χ4v) is 6.47. The van der Waals surface area contributed by atoms with Crippen molar-refractivity contribution < 1.29 is 14.4 Å². The Labute approximate surface area is 198 Å². The lowest BCUT2D eigenvalue weighted by Gasteiger charge is -2.22. The summed E-state index contributed by atoms with van der Waals surface area (Å²) in [5, 5.41) is 0. The molecule has 0 saturated carbocycles. The Morgan fingerprint density at radius 3 is 1.70 bits per heavy atom. The van der Waals surface area contributed by atoms with Gasteiger partial charge >= 0.3 is 0 Å². The fourth-order valence-electron chi connectivity index (χ4n) is 2.14. The number of hydrogen-bond acceptors (Lipinski definition) is 4. The minimum atomic E-state index is -0.271. The average molecular weight is 703 g/mol. The van der Waals surface area contributed by atoms with E-state index in [9.17, 15) is 14.4 Å². The summed E-state index contributed by atoms with van der Waals surface area (Å²) in [6.45, 7) is 7.99. The minimum absolute atomic E-state index is 0.271. The lowest BCUT2D eigenvalue weighted by atomic mass is 10.1. The van der Waals surface area contributed by atoms with E-state index in [2.05, 4.69) is 24.0 Å². The van der Waals surface area contributed by atoms with E-state index in [0.29, 0.717) is 40.6 Å². The average Bonchev–Trinajstić information content (AvgIpc) is 2.61. The molecule has 0 saturated heterocycles. The summed E-state index contributed by atoms with van der Waals surface area (Å²) in [7, 11) is 3.29. The van der Waals surface area contributed by atoms with Gasteiger partial charge in [-0.15, -0.1) is 13.2 Å². The number of hydrogen-bond donors (Lipinski definition) is 0. The van der Waals surface area contributed by atoms with E-state index in [1.54, 1.807) is 26.2 Å². The Bertz CT molecular complexity index is 831. The summed E-state index contributed by atoms with van der Waals surface area (Å²) in [4.78, 5) is 43.5. The van der Waals surface area contributed by atoms with Crippen LogP contribution in [0.15, 0.2) is 30.3 Å². The summed E-state index contributed by atoms with van der Waals surface area (Å²) in [5.74, 6) is 3.07. The maximum atomic E-state index is 13.0. The summed E-state index contributed by atoms with van der Waals surface area (Å²) in [6, 6.07) is 0. The van der Waals surface area contributed by atoms with Crippen molar-refractivity contribution in [3.63, 3.8) is 0 Å². The molecule has 0 radical (unpaired) electrons. The predicted molar refractivity (Wildman–Crippen MR) is 132 cm³/mol. The van der Waals surface area contributed by atoms with Crippen molar-refractivity contribution in [1.29, 1.82) is 0 Å². The Hall–Kier alpha value is -1.01. The number of nitrogens with zero attached hydrogens (tertiary/aromatic N) is 3. The van der Waals surface area contributed by atoms with Gasteiger partial charge in [0.25, 0.3) is 11.8 Å². The molecule has 1 aromatic rings. The van der Waals surface area contributed by atoms with Gasteiger partial charge in [-0.2, -0.15) is 4.99 Å². The highest BCUT2D eigenvalue weighted by atomic mass is 127. The normalized spacial score (nSPS) is 9.67. The molecular weight excluding hydrogens is 687 g/mol. The molecule has 0 aliphatic heterocycles. The molecule has 0 aromatic heterocycles. The molecule has 0 unspecified atom stereocenters. The van der Waals surface area contributed by atoms with Crippen molar-refractivity contribution in [3.05, 3.63) is 47.1 Å². The third-order valence-corrected chi connectivity index (χ3v) is 6.61. The molecule has 0 fully saturated rings. The second-order valence-corrected chi connectivity index (χ2v) is 8.55. The molecule has 9 heteroatoms. The zero-order valence-electron chi connectivity index (χ0n) is 14.7. The first kappa shape index (κ1) is 24.0. The molecule has 0 atom stereocenters. The van der Waals surface area contributed by atoms with Gasteiger partial charge in [-0.25, -0.2) is 4.79 Å². The van der Waals surface area contributed by atoms with Gasteiger partial charge in [0, 0.05) is 30.8 Å². The van der Waals surface area contributed by atoms with Gasteiger partial charge in [-0.05, 0) is 67.8 Å². The molecule has 0 N–H and O–H groups in total. The van der Waals surface area contributed by atoms with E-state index >= 15 is 0 Å². The molecule has 2 amide bonds. The maximum Gasteiger partial charge on any atom is 0.256 e. The van der Waals surface area contributed by atoms with Crippen molar-refractivity contribution in [3.8, 4) is 0 Å². The third kappa shape index (κ3) is 5.50. The fraction of sp³-hybridized carbons (Fsp3) is 0.222.